The van der Waals surface area contributed by atoms with Crippen LogP contribution in [0.2, 0.25) is 0 Å². The summed E-state index contributed by atoms with van der Waals surface area (Å²) in [6.07, 6.45) is 6.32. The molecule has 4 nitrogen and oxygen atoms in total. The monoisotopic (exact) mass is 338 g/mol. The van der Waals surface area contributed by atoms with Crippen LogP contribution in [-0.2, 0) is 10.2 Å². The molecule has 1 aliphatic heterocycles. The van der Waals surface area contributed by atoms with E-state index in [2.05, 4.69) is 20.7 Å². The fourth-order valence-electron chi connectivity index (χ4n) is 3.06. The van der Waals surface area contributed by atoms with E-state index in [9.17, 15) is 8.42 Å². The van der Waals surface area contributed by atoms with Crippen LogP contribution in [0.15, 0.2) is 0 Å². The zero-order valence-corrected chi connectivity index (χ0v) is 13.3. The maximum atomic E-state index is 12.4. The minimum atomic E-state index is -3.30. The Labute approximate surface area is 119 Å². The Morgan fingerprint density at radius 1 is 1.22 bits per heavy atom. The quantitative estimate of drug-likeness (QED) is 0.799. The molecule has 106 valence electrons. The van der Waals surface area contributed by atoms with Gasteiger partial charge in [-0.3, -0.25) is 0 Å². The summed E-state index contributed by atoms with van der Waals surface area (Å²) in [5.41, 5.74) is 0. The summed E-state index contributed by atoms with van der Waals surface area (Å²) in [5, 5.41) is 0.885. The summed E-state index contributed by atoms with van der Waals surface area (Å²) < 4.78 is 29.4. The van der Waals surface area contributed by atoms with Crippen LogP contribution >= 0.6 is 15.9 Å². The summed E-state index contributed by atoms with van der Waals surface area (Å²) in [6.45, 7) is 2.68. The van der Waals surface area contributed by atoms with Crippen molar-refractivity contribution in [3.63, 3.8) is 0 Å². The lowest BCUT2D eigenvalue weighted by Gasteiger charge is -2.33. The minimum absolute atomic E-state index is 0.114. The van der Waals surface area contributed by atoms with Gasteiger partial charge in [-0.25, -0.2) is 0 Å². The fraction of sp³-hybridized carbons (Fsp3) is 1.00. The van der Waals surface area contributed by atoms with E-state index in [1.54, 1.807) is 4.31 Å². The summed E-state index contributed by atoms with van der Waals surface area (Å²) >= 11 is 3.48. The van der Waals surface area contributed by atoms with Crippen LogP contribution in [0, 0.1) is 5.92 Å². The Morgan fingerprint density at radius 3 is 2.67 bits per heavy atom. The molecule has 0 radical (unpaired) electrons. The molecule has 0 amide bonds. The smallest absolute Gasteiger partial charge is 0.199 e. The SMILES string of the molecule is CC1CCCCN1S(=O)(=O)NC1CCCC1CBr. The van der Waals surface area contributed by atoms with E-state index < -0.39 is 10.2 Å². The standard InChI is InChI=1S/C12H23BrN2O2S/c1-10-5-2-3-8-15(10)18(16,17)14-12-7-4-6-11(12)9-13/h10-12,14H,2-9H2,1H3. The van der Waals surface area contributed by atoms with Gasteiger partial charge in [0.15, 0.2) is 0 Å². The van der Waals surface area contributed by atoms with Gasteiger partial charge in [0.1, 0.15) is 0 Å². The molecule has 1 aliphatic carbocycles. The fourth-order valence-corrected chi connectivity index (χ4v) is 5.62. The summed E-state index contributed by atoms with van der Waals surface area (Å²) in [4.78, 5) is 0. The van der Waals surface area contributed by atoms with E-state index in [0.29, 0.717) is 12.5 Å². The third-order valence-corrected chi connectivity index (χ3v) is 6.80. The zero-order valence-electron chi connectivity index (χ0n) is 10.9. The Balaban J connectivity index is 2.02. The average molecular weight is 339 g/mol. The first kappa shape index (κ1) is 14.8. The highest BCUT2D eigenvalue weighted by molar-refractivity contribution is 9.09. The number of nitrogens with zero attached hydrogens (tertiary/aromatic N) is 1. The molecule has 0 spiro atoms. The van der Waals surface area contributed by atoms with E-state index in [-0.39, 0.29) is 12.1 Å². The summed E-state index contributed by atoms with van der Waals surface area (Å²) in [7, 11) is -3.30. The molecule has 0 aromatic carbocycles. The van der Waals surface area contributed by atoms with Gasteiger partial charge in [0.05, 0.1) is 0 Å². The predicted molar refractivity (Wildman–Crippen MR) is 77.0 cm³/mol. The molecule has 1 N–H and O–H groups in total. The minimum Gasteiger partial charge on any atom is -0.199 e. The van der Waals surface area contributed by atoms with Crippen LogP contribution in [0.1, 0.15) is 45.4 Å². The van der Waals surface area contributed by atoms with Crippen molar-refractivity contribution in [3.05, 3.63) is 0 Å². The Bertz CT molecular complexity index is 374. The van der Waals surface area contributed by atoms with E-state index in [4.69, 9.17) is 0 Å². The second-order valence-corrected chi connectivity index (χ2v) is 7.83. The lowest BCUT2D eigenvalue weighted by Crippen LogP contribution is -2.51. The Morgan fingerprint density at radius 2 is 2.00 bits per heavy atom. The highest BCUT2D eigenvalue weighted by Gasteiger charge is 2.35. The van der Waals surface area contributed by atoms with Gasteiger partial charge in [-0.15, -0.1) is 0 Å². The molecule has 18 heavy (non-hydrogen) atoms. The Hall–Kier alpha value is 0.350. The molecule has 0 aromatic rings. The average Bonchev–Trinajstić information content (AvgIpc) is 2.76. The maximum absolute atomic E-state index is 12.4. The summed E-state index contributed by atoms with van der Waals surface area (Å²) in [6, 6.07) is 0.253. The third kappa shape index (κ3) is 3.26. The molecule has 3 atom stereocenters. The van der Waals surface area contributed by atoms with Gasteiger partial charge in [0, 0.05) is 24.0 Å². The van der Waals surface area contributed by atoms with E-state index >= 15 is 0 Å². The van der Waals surface area contributed by atoms with Crippen molar-refractivity contribution in [2.45, 2.75) is 57.5 Å². The van der Waals surface area contributed by atoms with Crippen LogP contribution in [0.25, 0.3) is 0 Å². The zero-order chi connectivity index (χ0) is 13.2. The third-order valence-electron chi connectivity index (χ3n) is 4.21. The van der Waals surface area contributed by atoms with Crippen molar-refractivity contribution in [1.82, 2.24) is 9.03 Å². The van der Waals surface area contributed by atoms with Crippen molar-refractivity contribution < 1.29 is 8.42 Å². The number of piperidine rings is 1. The Kier molecular flexibility index (Phi) is 5.08. The first-order valence-electron chi connectivity index (χ1n) is 6.89. The molecule has 1 saturated carbocycles. The van der Waals surface area contributed by atoms with Crippen LogP contribution < -0.4 is 4.72 Å². The van der Waals surface area contributed by atoms with Gasteiger partial charge in [0.25, 0.3) is 10.2 Å². The highest BCUT2D eigenvalue weighted by atomic mass is 79.9. The normalized spacial score (nSPS) is 34.9. The van der Waals surface area contributed by atoms with Crippen LogP contribution in [0.4, 0.5) is 0 Å². The second kappa shape index (κ2) is 6.20. The number of halogens is 1. The molecule has 1 heterocycles. The topological polar surface area (TPSA) is 49.4 Å². The van der Waals surface area contributed by atoms with Crippen molar-refractivity contribution in [3.8, 4) is 0 Å². The molecule has 3 unspecified atom stereocenters. The number of rotatable bonds is 4. The van der Waals surface area contributed by atoms with Gasteiger partial charge in [-0.1, -0.05) is 28.8 Å². The van der Waals surface area contributed by atoms with E-state index in [0.717, 1.165) is 43.9 Å². The molecule has 2 rings (SSSR count). The molecule has 1 saturated heterocycles. The highest BCUT2D eigenvalue weighted by Crippen LogP contribution is 2.29. The van der Waals surface area contributed by atoms with Crippen molar-refractivity contribution in [2.24, 2.45) is 5.92 Å². The lowest BCUT2D eigenvalue weighted by atomic mass is 10.1. The first-order valence-corrected chi connectivity index (χ1v) is 9.46. The van der Waals surface area contributed by atoms with Crippen molar-refractivity contribution >= 4 is 26.1 Å². The van der Waals surface area contributed by atoms with Gasteiger partial charge in [-0.2, -0.15) is 17.4 Å². The second-order valence-electron chi connectivity index (χ2n) is 5.53. The summed E-state index contributed by atoms with van der Waals surface area (Å²) in [5.74, 6) is 0.444. The molecular weight excluding hydrogens is 316 g/mol. The maximum Gasteiger partial charge on any atom is 0.279 e. The largest absolute Gasteiger partial charge is 0.279 e. The number of hydrogen-bond acceptors (Lipinski definition) is 2. The van der Waals surface area contributed by atoms with Crippen LogP contribution in [0.5, 0.6) is 0 Å². The molecular formula is C12H23BrN2O2S. The van der Waals surface area contributed by atoms with Crippen molar-refractivity contribution in [1.29, 1.82) is 0 Å². The van der Waals surface area contributed by atoms with Gasteiger partial charge >= 0.3 is 0 Å². The molecule has 2 aliphatic rings. The van der Waals surface area contributed by atoms with E-state index in [1.807, 2.05) is 6.92 Å². The number of alkyl halides is 1. The van der Waals surface area contributed by atoms with Crippen LogP contribution in [-0.4, -0.2) is 36.7 Å². The lowest BCUT2D eigenvalue weighted by molar-refractivity contribution is 0.262. The molecule has 0 bridgehead atoms. The number of nitrogens with one attached hydrogen (secondary N) is 1. The van der Waals surface area contributed by atoms with E-state index in [1.165, 1.54) is 0 Å². The van der Waals surface area contributed by atoms with Crippen LogP contribution in [0.3, 0.4) is 0 Å². The first-order chi connectivity index (χ1) is 8.54. The van der Waals surface area contributed by atoms with Gasteiger partial charge < -0.3 is 0 Å². The molecule has 2 fully saturated rings. The van der Waals surface area contributed by atoms with Gasteiger partial charge in [-0.05, 0) is 38.5 Å². The molecule has 0 aromatic heterocycles. The van der Waals surface area contributed by atoms with Gasteiger partial charge in [0.2, 0.25) is 0 Å². The number of hydrogen-bond donors (Lipinski definition) is 1. The van der Waals surface area contributed by atoms with Crippen molar-refractivity contribution in [2.75, 3.05) is 11.9 Å². The predicted octanol–water partition coefficient (Wildman–Crippen LogP) is 2.26. The molecule has 6 heteroatoms.